The fraction of sp³-hybridized carbons (Fsp3) is 0.357. The smallest absolute Gasteiger partial charge is 0.0834 e. The Morgan fingerprint density at radius 1 is 1.43 bits per heavy atom. The third-order valence-corrected chi connectivity index (χ3v) is 4.56. The van der Waals surface area contributed by atoms with Crippen LogP contribution in [-0.2, 0) is 11.3 Å². The van der Waals surface area contributed by atoms with Gasteiger partial charge >= 0.3 is 0 Å². The molecule has 1 aromatic carbocycles. The Balaban J connectivity index is 2.02. The number of halogens is 2. The first-order valence-electron chi connectivity index (χ1n) is 6.46. The van der Waals surface area contributed by atoms with E-state index < -0.39 is 0 Å². The first-order valence-corrected chi connectivity index (χ1v) is 8.20. The lowest BCUT2D eigenvalue weighted by atomic mass is 10.2. The first kappa shape index (κ1) is 16.6. The summed E-state index contributed by atoms with van der Waals surface area (Å²) in [6, 6.07) is 7.49. The van der Waals surface area contributed by atoms with Crippen LogP contribution in [0.5, 0.6) is 0 Å². The Hall–Kier alpha value is -0.720. The number of hydrogen-bond acceptors (Lipinski definition) is 4. The summed E-state index contributed by atoms with van der Waals surface area (Å²) in [6.07, 6.45) is 1.62. The minimum absolute atomic E-state index is 0.208. The summed E-state index contributed by atoms with van der Waals surface area (Å²) in [6.45, 7) is 1.20. The summed E-state index contributed by atoms with van der Waals surface area (Å²) in [5.74, 6) is 0.693. The lowest BCUT2D eigenvalue weighted by Crippen LogP contribution is -2.20. The summed E-state index contributed by atoms with van der Waals surface area (Å²) >= 11 is 13.8. The normalized spacial score (nSPS) is 12.6. The maximum absolute atomic E-state index is 6.26. The molecule has 0 amide bonds. The summed E-state index contributed by atoms with van der Waals surface area (Å²) < 4.78 is 6.87. The number of ether oxygens (including phenoxy) is 1. The Bertz CT molecular complexity index is 591. The maximum atomic E-state index is 6.26. The van der Waals surface area contributed by atoms with Gasteiger partial charge in [-0.15, -0.1) is 11.8 Å². The van der Waals surface area contributed by atoms with Crippen LogP contribution in [0.25, 0.3) is 0 Å². The molecule has 0 aliphatic carbocycles. The Morgan fingerprint density at radius 2 is 2.24 bits per heavy atom. The van der Waals surface area contributed by atoms with E-state index in [9.17, 15) is 0 Å². The van der Waals surface area contributed by atoms with Crippen molar-refractivity contribution in [3.05, 3.63) is 46.2 Å². The van der Waals surface area contributed by atoms with E-state index in [2.05, 4.69) is 5.10 Å². The molecule has 1 aromatic heterocycles. The van der Waals surface area contributed by atoms with Gasteiger partial charge in [-0.25, -0.2) is 0 Å². The van der Waals surface area contributed by atoms with Crippen LogP contribution < -0.4 is 5.73 Å². The molecular formula is C14H17Cl2N3OS. The molecule has 0 saturated carbocycles. The summed E-state index contributed by atoms with van der Waals surface area (Å²) in [7, 11) is 1.65. The number of methoxy groups -OCH3 is 1. The van der Waals surface area contributed by atoms with E-state index in [1.54, 1.807) is 29.8 Å². The molecule has 0 radical (unpaired) electrons. The van der Waals surface area contributed by atoms with Crippen LogP contribution in [0.2, 0.25) is 10.0 Å². The number of thioether (sulfide) groups is 1. The SMILES string of the molecule is COCCn1ncc(Cl)c1C(N)CSc1cccc(Cl)c1. The minimum Gasteiger partial charge on any atom is -0.383 e. The Labute approximate surface area is 138 Å². The van der Waals surface area contributed by atoms with Gasteiger partial charge in [0, 0.05) is 22.8 Å². The van der Waals surface area contributed by atoms with Crippen LogP contribution in [0, 0.1) is 0 Å². The summed E-state index contributed by atoms with van der Waals surface area (Å²) in [4.78, 5) is 1.08. The molecule has 0 aliphatic heterocycles. The van der Waals surface area contributed by atoms with Gasteiger partial charge in [-0.3, -0.25) is 4.68 Å². The monoisotopic (exact) mass is 345 g/mol. The average molecular weight is 346 g/mol. The van der Waals surface area contributed by atoms with E-state index in [-0.39, 0.29) is 6.04 Å². The molecule has 2 aromatic rings. The molecule has 1 atom stereocenters. The highest BCUT2D eigenvalue weighted by atomic mass is 35.5. The van der Waals surface area contributed by atoms with Crippen LogP contribution in [0.4, 0.5) is 0 Å². The number of nitrogens with two attached hydrogens (primary N) is 1. The fourth-order valence-electron chi connectivity index (χ4n) is 1.92. The highest BCUT2D eigenvalue weighted by Crippen LogP contribution is 2.28. The Kier molecular flexibility index (Phi) is 6.39. The van der Waals surface area contributed by atoms with Gasteiger partial charge in [0.25, 0.3) is 0 Å². The third kappa shape index (κ3) is 4.63. The molecule has 1 heterocycles. The highest BCUT2D eigenvalue weighted by molar-refractivity contribution is 7.99. The largest absolute Gasteiger partial charge is 0.383 e. The van der Waals surface area contributed by atoms with Gasteiger partial charge in [0.05, 0.1) is 36.1 Å². The van der Waals surface area contributed by atoms with Crippen LogP contribution in [0.1, 0.15) is 11.7 Å². The van der Waals surface area contributed by atoms with Gasteiger partial charge in [-0.05, 0) is 18.2 Å². The van der Waals surface area contributed by atoms with Gasteiger partial charge < -0.3 is 10.5 Å². The van der Waals surface area contributed by atoms with E-state index in [0.29, 0.717) is 23.9 Å². The summed E-state index contributed by atoms with van der Waals surface area (Å²) in [5, 5.41) is 5.55. The standard InChI is InChI=1S/C14H17Cl2N3OS/c1-20-6-5-19-14(12(16)8-18-19)13(17)9-21-11-4-2-3-10(15)7-11/h2-4,7-8,13H,5-6,9,17H2,1H3. The van der Waals surface area contributed by atoms with Crippen molar-refractivity contribution in [2.75, 3.05) is 19.5 Å². The third-order valence-electron chi connectivity index (χ3n) is 2.92. The molecule has 7 heteroatoms. The van der Waals surface area contributed by atoms with Crippen molar-refractivity contribution in [1.82, 2.24) is 9.78 Å². The minimum atomic E-state index is -0.208. The molecule has 21 heavy (non-hydrogen) atoms. The van der Waals surface area contributed by atoms with Crippen molar-refractivity contribution >= 4 is 35.0 Å². The molecule has 0 saturated heterocycles. The van der Waals surface area contributed by atoms with E-state index in [1.807, 2.05) is 24.3 Å². The maximum Gasteiger partial charge on any atom is 0.0834 e. The Morgan fingerprint density at radius 3 is 2.95 bits per heavy atom. The molecule has 0 spiro atoms. The predicted molar refractivity (Wildman–Crippen MR) is 88.2 cm³/mol. The second-order valence-corrected chi connectivity index (χ2v) is 6.41. The molecule has 0 bridgehead atoms. The average Bonchev–Trinajstić information content (AvgIpc) is 2.83. The molecular weight excluding hydrogens is 329 g/mol. The molecule has 2 N–H and O–H groups in total. The topological polar surface area (TPSA) is 53.1 Å². The van der Waals surface area contributed by atoms with Gasteiger partial charge in [0.2, 0.25) is 0 Å². The lowest BCUT2D eigenvalue weighted by molar-refractivity contribution is 0.182. The quantitative estimate of drug-likeness (QED) is 0.778. The van der Waals surface area contributed by atoms with E-state index >= 15 is 0 Å². The van der Waals surface area contributed by atoms with Crippen LogP contribution in [0.3, 0.4) is 0 Å². The second-order valence-electron chi connectivity index (χ2n) is 4.47. The van der Waals surface area contributed by atoms with Crippen LogP contribution in [0.15, 0.2) is 35.4 Å². The van der Waals surface area contributed by atoms with Gasteiger partial charge in [0.15, 0.2) is 0 Å². The van der Waals surface area contributed by atoms with Crippen molar-refractivity contribution in [3.63, 3.8) is 0 Å². The van der Waals surface area contributed by atoms with E-state index in [4.69, 9.17) is 33.7 Å². The van der Waals surface area contributed by atoms with Crippen LogP contribution >= 0.6 is 35.0 Å². The zero-order valence-electron chi connectivity index (χ0n) is 11.6. The van der Waals surface area contributed by atoms with Gasteiger partial charge in [-0.1, -0.05) is 29.3 Å². The zero-order valence-corrected chi connectivity index (χ0v) is 14.0. The lowest BCUT2D eigenvalue weighted by Gasteiger charge is -2.14. The predicted octanol–water partition coefficient (Wildman–Crippen LogP) is 3.63. The molecule has 0 fully saturated rings. The van der Waals surface area contributed by atoms with Crippen molar-refractivity contribution in [2.45, 2.75) is 17.5 Å². The zero-order chi connectivity index (χ0) is 15.2. The number of nitrogens with zero attached hydrogens (tertiary/aromatic N) is 2. The number of rotatable bonds is 7. The fourth-order valence-corrected chi connectivity index (χ4v) is 3.37. The highest BCUT2D eigenvalue weighted by Gasteiger charge is 2.17. The molecule has 114 valence electrons. The molecule has 0 aliphatic rings. The van der Waals surface area contributed by atoms with E-state index in [0.717, 1.165) is 15.6 Å². The number of hydrogen-bond donors (Lipinski definition) is 1. The molecule has 2 rings (SSSR count). The van der Waals surface area contributed by atoms with Crippen molar-refractivity contribution < 1.29 is 4.74 Å². The molecule has 1 unspecified atom stereocenters. The number of benzene rings is 1. The van der Waals surface area contributed by atoms with Gasteiger partial charge in [0.1, 0.15) is 0 Å². The second kappa shape index (κ2) is 8.06. The van der Waals surface area contributed by atoms with Crippen LogP contribution in [-0.4, -0.2) is 29.3 Å². The van der Waals surface area contributed by atoms with Gasteiger partial charge in [-0.2, -0.15) is 5.10 Å². The molecule has 4 nitrogen and oxygen atoms in total. The first-order chi connectivity index (χ1) is 10.1. The van der Waals surface area contributed by atoms with Crippen molar-refractivity contribution in [2.24, 2.45) is 5.73 Å². The summed E-state index contributed by atoms with van der Waals surface area (Å²) in [5.41, 5.74) is 7.10. The number of aromatic nitrogens is 2. The van der Waals surface area contributed by atoms with Crippen molar-refractivity contribution in [1.29, 1.82) is 0 Å². The van der Waals surface area contributed by atoms with Crippen molar-refractivity contribution in [3.8, 4) is 0 Å². The van der Waals surface area contributed by atoms with E-state index in [1.165, 1.54) is 0 Å².